The fraction of sp³-hybridized carbons (Fsp3) is 0.438. The van der Waals surface area contributed by atoms with Gasteiger partial charge in [0.25, 0.3) is 0 Å². The Kier molecular flexibility index (Phi) is 3.26. The molecule has 4 nitrogen and oxygen atoms in total. The molecule has 2 aromatic rings. The lowest BCUT2D eigenvalue weighted by molar-refractivity contribution is 0.0879. The van der Waals surface area contributed by atoms with E-state index in [2.05, 4.69) is 0 Å². The zero-order valence-corrected chi connectivity index (χ0v) is 12.1. The summed E-state index contributed by atoms with van der Waals surface area (Å²) in [7, 11) is 3.59. The molecule has 2 unspecified atom stereocenters. The van der Waals surface area contributed by atoms with Gasteiger partial charge in [-0.05, 0) is 25.5 Å². The van der Waals surface area contributed by atoms with Crippen LogP contribution in [0.2, 0.25) is 0 Å². The van der Waals surface area contributed by atoms with Crippen LogP contribution in [0.4, 0.5) is 0 Å². The Labute approximate surface area is 118 Å². The molecule has 106 valence electrons. The molecule has 3 rings (SSSR count). The van der Waals surface area contributed by atoms with Gasteiger partial charge < -0.3 is 14.0 Å². The van der Waals surface area contributed by atoms with Crippen molar-refractivity contribution in [2.45, 2.75) is 19.4 Å². The summed E-state index contributed by atoms with van der Waals surface area (Å²) < 4.78 is 12.9. The quantitative estimate of drug-likeness (QED) is 0.807. The number of methoxy groups -OCH3 is 1. The van der Waals surface area contributed by atoms with Gasteiger partial charge in [-0.2, -0.15) is 0 Å². The van der Waals surface area contributed by atoms with Crippen LogP contribution in [-0.2, 0) is 11.8 Å². The molecule has 0 saturated carbocycles. The first-order valence-corrected chi connectivity index (χ1v) is 6.89. The second kappa shape index (κ2) is 4.94. The van der Waals surface area contributed by atoms with Crippen molar-refractivity contribution in [3.8, 4) is 5.75 Å². The number of hydrogen-bond acceptors (Lipinski definition) is 3. The standard InChI is InChI=1S/C16H19NO3/c1-10-7-11(9-20-10)16(18)12-8-17(2)13-5-4-6-14(19-3)15(12)13/h4-6,8,10-11H,7,9H2,1-3H3. The number of benzene rings is 1. The summed E-state index contributed by atoms with van der Waals surface area (Å²) in [5.41, 5.74) is 1.75. The van der Waals surface area contributed by atoms with Gasteiger partial charge in [0.15, 0.2) is 5.78 Å². The van der Waals surface area contributed by atoms with Crippen LogP contribution in [0.5, 0.6) is 5.75 Å². The molecule has 20 heavy (non-hydrogen) atoms. The molecule has 1 saturated heterocycles. The predicted molar refractivity (Wildman–Crippen MR) is 77.3 cm³/mol. The highest BCUT2D eigenvalue weighted by Gasteiger charge is 2.31. The average molecular weight is 273 g/mol. The summed E-state index contributed by atoms with van der Waals surface area (Å²) >= 11 is 0. The van der Waals surface area contributed by atoms with Crippen molar-refractivity contribution >= 4 is 16.7 Å². The molecule has 2 heterocycles. The van der Waals surface area contributed by atoms with Crippen molar-refractivity contribution in [1.82, 2.24) is 4.57 Å². The fourth-order valence-electron chi connectivity index (χ4n) is 2.99. The van der Waals surface area contributed by atoms with Crippen LogP contribution in [0.1, 0.15) is 23.7 Å². The van der Waals surface area contributed by atoms with Gasteiger partial charge in [-0.3, -0.25) is 4.79 Å². The summed E-state index contributed by atoms with van der Waals surface area (Å²) in [6.45, 7) is 2.53. The molecule has 1 aliphatic rings. The maximum atomic E-state index is 12.7. The number of aromatic nitrogens is 1. The molecule has 0 amide bonds. The highest BCUT2D eigenvalue weighted by molar-refractivity contribution is 6.11. The maximum absolute atomic E-state index is 12.7. The lowest BCUT2D eigenvalue weighted by Gasteiger charge is -2.07. The van der Waals surface area contributed by atoms with Gasteiger partial charge >= 0.3 is 0 Å². The van der Waals surface area contributed by atoms with E-state index in [0.717, 1.165) is 28.6 Å². The van der Waals surface area contributed by atoms with E-state index in [1.807, 2.05) is 42.9 Å². The Morgan fingerprint density at radius 1 is 1.45 bits per heavy atom. The van der Waals surface area contributed by atoms with Crippen molar-refractivity contribution in [1.29, 1.82) is 0 Å². The Morgan fingerprint density at radius 3 is 2.90 bits per heavy atom. The third-order valence-corrected chi connectivity index (χ3v) is 4.03. The van der Waals surface area contributed by atoms with E-state index < -0.39 is 0 Å². The van der Waals surface area contributed by atoms with Crippen LogP contribution < -0.4 is 4.74 Å². The highest BCUT2D eigenvalue weighted by Crippen LogP contribution is 2.33. The summed E-state index contributed by atoms with van der Waals surface area (Å²) in [6, 6.07) is 5.84. The Bertz CT molecular complexity index is 659. The molecule has 4 heteroatoms. The number of hydrogen-bond donors (Lipinski definition) is 0. The van der Waals surface area contributed by atoms with Gasteiger partial charge in [0, 0.05) is 24.7 Å². The highest BCUT2D eigenvalue weighted by atomic mass is 16.5. The molecule has 0 bridgehead atoms. The number of rotatable bonds is 3. The molecule has 2 atom stereocenters. The second-order valence-electron chi connectivity index (χ2n) is 5.45. The average Bonchev–Trinajstić information content (AvgIpc) is 3.02. The van der Waals surface area contributed by atoms with Gasteiger partial charge in [0.05, 0.1) is 30.7 Å². The number of nitrogens with zero attached hydrogens (tertiary/aromatic N) is 1. The number of aryl methyl sites for hydroxylation is 1. The van der Waals surface area contributed by atoms with Crippen molar-refractivity contribution in [3.05, 3.63) is 30.0 Å². The maximum Gasteiger partial charge on any atom is 0.170 e. The van der Waals surface area contributed by atoms with Gasteiger partial charge in [-0.25, -0.2) is 0 Å². The zero-order valence-electron chi connectivity index (χ0n) is 12.1. The third kappa shape index (κ3) is 2.00. The fourth-order valence-corrected chi connectivity index (χ4v) is 2.99. The Morgan fingerprint density at radius 2 is 2.25 bits per heavy atom. The van der Waals surface area contributed by atoms with E-state index in [1.54, 1.807) is 7.11 Å². The van der Waals surface area contributed by atoms with E-state index in [1.165, 1.54) is 0 Å². The number of ketones is 1. The smallest absolute Gasteiger partial charge is 0.170 e. The van der Waals surface area contributed by atoms with E-state index in [-0.39, 0.29) is 17.8 Å². The topological polar surface area (TPSA) is 40.5 Å². The monoisotopic (exact) mass is 273 g/mol. The molecule has 0 radical (unpaired) electrons. The summed E-state index contributed by atoms with van der Waals surface area (Å²) in [4.78, 5) is 12.7. The minimum absolute atomic E-state index is 0.0412. The number of carbonyl (C=O) groups is 1. The van der Waals surface area contributed by atoms with Crippen LogP contribution in [0.3, 0.4) is 0 Å². The minimum atomic E-state index is -0.0412. The first-order valence-electron chi connectivity index (χ1n) is 6.89. The molecule has 0 aliphatic carbocycles. The zero-order chi connectivity index (χ0) is 14.3. The Balaban J connectivity index is 2.09. The van der Waals surface area contributed by atoms with Gasteiger partial charge in [-0.15, -0.1) is 0 Å². The summed E-state index contributed by atoms with van der Waals surface area (Å²) in [5, 5.41) is 0.905. The first-order chi connectivity index (χ1) is 9.61. The minimum Gasteiger partial charge on any atom is -0.496 e. The largest absolute Gasteiger partial charge is 0.496 e. The van der Waals surface area contributed by atoms with Crippen molar-refractivity contribution in [3.63, 3.8) is 0 Å². The lowest BCUT2D eigenvalue weighted by Crippen LogP contribution is -2.14. The van der Waals surface area contributed by atoms with Crippen molar-refractivity contribution in [2.24, 2.45) is 13.0 Å². The second-order valence-corrected chi connectivity index (χ2v) is 5.45. The van der Waals surface area contributed by atoms with Crippen LogP contribution in [0, 0.1) is 5.92 Å². The van der Waals surface area contributed by atoms with E-state index in [0.29, 0.717) is 6.61 Å². The molecule has 0 spiro atoms. The van der Waals surface area contributed by atoms with Gasteiger partial charge in [0.2, 0.25) is 0 Å². The van der Waals surface area contributed by atoms with Crippen LogP contribution in [-0.4, -0.2) is 30.2 Å². The summed E-state index contributed by atoms with van der Waals surface area (Å²) in [5.74, 6) is 0.864. The van der Waals surface area contributed by atoms with Gasteiger partial charge in [0.1, 0.15) is 5.75 Å². The van der Waals surface area contributed by atoms with E-state index in [9.17, 15) is 4.79 Å². The molecule has 1 aromatic heterocycles. The first kappa shape index (κ1) is 13.2. The molecule has 1 aliphatic heterocycles. The molecular formula is C16H19NO3. The SMILES string of the molecule is COc1cccc2c1c(C(=O)C1COC(C)C1)cn2C. The number of fused-ring (bicyclic) bond motifs is 1. The molecular weight excluding hydrogens is 254 g/mol. The van der Waals surface area contributed by atoms with Crippen LogP contribution >= 0.6 is 0 Å². The number of carbonyl (C=O) groups excluding carboxylic acids is 1. The van der Waals surface area contributed by atoms with Crippen molar-refractivity contribution < 1.29 is 14.3 Å². The summed E-state index contributed by atoms with van der Waals surface area (Å²) in [6.07, 6.45) is 2.86. The van der Waals surface area contributed by atoms with Gasteiger partial charge in [-0.1, -0.05) is 6.07 Å². The number of ether oxygens (including phenoxy) is 2. The predicted octanol–water partition coefficient (Wildman–Crippen LogP) is 2.79. The molecule has 1 aromatic carbocycles. The van der Waals surface area contributed by atoms with Crippen molar-refractivity contribution in [2.75, 3.05) is 13.7 Å². The number of Topliss-reactive ketones (excluding diaryl/α,β-unsaturated/α-hetero) is 1. The lowest BCUT2D eigenvalue weighted by atomic mass is 9.95. The van der Waals surface area contributed by atoms with Crippen LogP contribution in [0.15, 0.2) is 24.4 Å². The molecule has 1 fully saturated rings. The normalized spacial score (nSPS) is 22.4. The van der Waals surface area contributed by atoms with Crippen LogP contribution in [0.25, 0.3) is 10.9 Å². The Hall–Kier alpha value is -1.81. The molecule has 0 N–H and O–H groups in total. The van der Waals surface area contributed by atoms with E-state index >= 15 is 0 Å². The van der Waals surface area contributed by atoms with E-state index in [4.69, 9.17) is 9.47 Å². The third-order valence-electron chi connectivity index (χ3n) is 4.03.